The first-order valence-corrected chi connectivity index (χ1v) is 7.58. The summed E-state index contributed by atoms with van der Waals surface area (Å²) < 4.78 is 0.287. The van der Waals surface area contributed by atoms with Gasteiger partial charge in [-0.05, 0) is 37.2 Å². The van der Waals surface area contributed by atoms with Crippen LogP contribution in [0.2, 0.25) is 5.02 Å². The number of H-pyrrole nitrogens is 2. The minimum atomic E-state index is -0.250. The molecule has 2 rings (SSSR count). The minimum Gasteiger partial charge on any atom is -0.352 e. The van der Waals surface area contributed by atoms with Crippen molar-refractivity contribution in [2.24, 2.45) is 0 Å². The number of aromatic nitrogens is 2. The highest BCUT2D eigenvalue weighted by molar-refractivity contribution is 7.71. The number of hydrogen-bond acceptors (Lipinski definition) is 3. The van der Waals surface area contributed by atoms with Crippen molar-refractivity contribution in [2.45, 2.75) is 26.3 Å². The lowest BCUT2D eigenvalue weighted by Crippen LogP contribution is -2.25. The molecule has 0 fully saturated rings. The number of halogens is 1. The molecule has 0 aliphatic rings. The Bertz CT molecular complexity index is 798. The van der Waals surface area contributed by atoms with Crippen molar-refractivity contribution in [1.82, 2.24) is 15.3 Å². The molecule has 116 valence electrons. The van der Waals surface area contributed by atoms with Crippen LogP contribution in [0.3, 0.4) is 0 Å². The van der Waals surface area contributed by atoms with E-state index in [2.05, 4.69) is 15.3 Å². The molecule has 1 aromatic carbocycles. The highest BCUT2D eigenvalue weighted by atomic mass is 35.5. The van der Waals surface area contributed by atoms with Gasteiger partial charge in [-0.25, -0.2) is 0 Å². The highest BCUT2D eigenvalue weighted by Gasteiger charge is 2.09. The molecule has 22 heavy (non-hydrogen) atoms. The van der Waals surface area contributed by atoms with Gasteiger partial charge in [-0.1, -0.05) is 29.8 Å². The Morgan fingerprint density at radius 3 is 2.73 bits per heavy atom. The van der Waals surface area contributed by atoms with Gasteiger partial charge >= 0.3 is 0 Å². The van der Waals surface area contributed by atoms with E-state index in [4.69, 9.17) is 23.8 Å². The molecular formula is C15H16ClN3O2S. The van der Waals surface area contributed by atoms with Crippen molar-refractivity contribution >= 4 is 29.7 Å². The van der Waals surface area contributed by atoms with E-state index < -0.39 is 0 Å². The summed E-state index contributed by atoms with van der Waals surface area (Å²) in [5.41, 5.74) is 1.84. The molecule has 0 aliphatic carbocycles. The van der Waals surface area contributed by atoms with Gasteiger partial charge in [-0.15, -0.1) is 0 Å². The molecule has 0 aliphatic heterocycles. The molecule has 0 bridgehead atoms. The zero-order valence-electron chi connectivity index (χ0n) is 12.0. The first kappa shape index (κ1) is 16.5. The van der Waals surface area contributed by atoms with Crippen LogP contribution in [0, 0.1) is 11.7 Å². The third kappa shape index (κ3) is 4.29. The molecular weight excluding hydrogens is 322 g/mol. The molecule has 5 nitrogen and oxygen atoms in total. The second-order valence-corrected chi connectivity index (χ2v) is 5.70. The highest BCUT2D eigenvalue weighted by Crippen LogP contribution is 2.14. The number of hydrogen-bond donors (Lipinski definition) is 3. The normalized spacial score (nSPS) is 10.5. The van der Waals surface area contributed by atoms with Crippen molar-refractivity contribution in [1.29, 1.82) is 0 Å². The summed E-state index contributed by atoms with van der Waals surface area (Å²) in [6.07, 6.45) is 0.570. The first-order valence-electron chi connectivity index (χ1n) is 6.79. The van der Waals surface area contributed by atoms with Gasteiger partial charge in [0, 0.05) is 29.2 Å². The van der Waals surface area contributed by atoms with Crippen molar-refractivity contribution in [3.63, 3.8) is 0 Å². The average Bonchev–Trinajstić information content (AvgIpc) is 2.45. The third-order valence-corrected chi connectivity index (χ3v) is 3.86. The number of aromatic amines is 2. The van der Waals surface area contributed by atoms with Crippen molar-refractivity contribution in [2.75, 3.05) is 0 Å². The lowest BCUT2D eigenvalue weighted by atomic mass is 10.1. The molecule has 0 saturated heterocycles. The Balaban J connectivity index is 1.93. The van der Waals surface area contributed by atoms with Crippen molar-refractivity contribution in [3.05, 3.63) is 61.2 Å². The smallest absolute Gasteiger partial charge is 0.255 e. The van der Waals surface area contributed by atoms with E-state index in [1.54, 1.807) is 13.0 Å². The number of carbonyl (C=O) groups excluding carboxylic acids is 1. The standard InChI is InChI=1S/C15H16ClN3O2S/c1-9-11(14(21)19-15(22)18-9)6-7-13(20)17-8-10-4-2-3-5-12(10)16/h2-5H,6-8H2,1H3,(H,17,20)(H2,18,19,21,22). The van der Waals surface area contributed by atoms with E-state index in [0.717, 1.165) is 5.56 Å². The fourth-order valence-corrected chi connectivity index (χ4v) is 2.54. The predicted molar refractivity (Wildman–Crippen MR) is 88.6 cm³/mol. The number of carbonyl (C=O) groups is 1. The van der Waals surface area contributed by atoms with Gasteiger partial charge in [0.2, 0.25) is 5.91 Å². The zero-order chi connectivity index (χ0) is 16.1. The Labute approximate surface area is 137 Å². The van der Waals surface area contributed by atoms with E-state index >= 15 is 0 Å². The number of nitrogens with one attached hydrogen (secondary N) is 3. The van der Waals surface area contributed by atoms with Crippen LogP contribution in [-0.2, 0) is 17.8 Å². The third-order valence-electron chi connectivity index (χ3n) is 3.29. The van der Waals surface area contributed by atoms with E-state index in [0.29, 0.717) is 29.2 Å². The molecule has 0 radical (unpaired) electrons. The Kier molecular flexibility index (Phi) is 5.51. The van der Waals surface area contributed by atoms with Crippen LogP contribution in [0.5, 0.6) is 0 Å². The fraction of sp³-hybridized carbons (Fsp3) is 0.267. The van der Waals surface area contributed by atoms with Crippen LogP contribution in [0.15, 0.2) is 29.1 Å². The SMILES string of the molecule is Cc1[nH]c(=S)[nH]c(=O)c1CCC(=O)NCc1ccccc1Cl. The Hall–Kier alpha value is -1.92. The lowest BCUT2D eigenvalue weighted by molar-refractivity contribution is -0.121. The monoisotopic (exact) mass is 337 g/mol. The zero-order valence-corrected chi connectivity index (χ0v) is 13.6. The van der Waals surface area contributed by atoms with Gasteiger partial charge in [0.1, 0.15) is 0 Å². The van der Waals surface area contributed by atoms with E-state index in [1.807, 2.05) is 18.2 Å². The van der Waals surface area contributed by atoms with Crippen LogP contribution in [0.4, 0.5) is 0 Å². The van der Waals surface area contributed by atoms with E-state index in [-0.39, 0.29) is 22.7 Å². The first-order chi connectivity index (χ1) is 10.5. The second kappa shape index (κ2) is 7.38. The molecule has 7 heteroatoms. The summed E-state index contributed by atoms with van der Waals surface area (Å²) >= 11 is 10.9. The molecule has 1 amide bonds. The average molecular weight is 338 g/mol. The molecule has 0 unspecified atom stereocenters. The summed E-state index contributed by atoms with van der Waals surface area (Å²) in [5.74, 6) is -0.138. The fourth-order valence-electron chi connectivity index (χ4n) is 2.09. The molecule has 2 aromatic rings. The maximum Gasteiger partial charge on any atom is 0.255 e. The van der Waals surface area contributed by atoms with Crippen LogP contribution in [0.25, 0.3) is 0 Å². The van der Waals surface area contributed by atoms with E-state index in [1.165, 1.54) is 0 Å². The van der Waals surface area contributed by atoms with Crippen molar-refractivity contribution < 1.29 is 4.79 Å². The Morgan fingerprint density at radius 2 is 2.05 bits per heavy atom. The van der Waals surface area contributed by atoms with Gasteiger partial charge in [0.05, 0.1) is 0 Å². The number of amides is 1. The van der Waals surface area contributed by atoms with Crippen molar-refractivity contribution in [3.8, 4) is 0 Å². The molecule has 1 aromatic heterocycles. The molecule has 0 spiro atoms. The van der Waals surface area contributed by atoms with Gasteiger partial charge in [0.15, 0.2) is 4.77 Å². The van der Waals surface area contributed by atoms with Gasteiger partial charge in [-0.3, -0.25) is 14.6 Å². The maximum absolute atomic E-state index is 11.9. The van der Waals surface area contributed by atoms with Crippen LogP contribution < -0.4 is 10.9 Å². The summed E-state index contributed by atoms with van der Waals surface area (Å²) in [6.45, 7) is 2.13. The minimum absolute atomic E-state index is 0.138. The summed E-state index contributed by atoms with van der Waals surface area (Å²) in [5, 5.41) is 3.41. The number of aryl methyl sites for hydroxylation is 1. The molecule has 0 atom stereocenters. The molecule has 0 saturated carbocycles. The summed E-state index contributed by atoms with van der Waals surface area (Å²) in [7, 11) is 0. The van der Waals surface area contributed by atoms with Gasteiger partial charge < -0.3 is 10.3 Å². The van der Waals surface area contributed by atoms with Crippen LogP contribution in [0.1, 0.15) is 23.2 Å². The quantitative estimate of drug-likeness (QED) is 0.734. The molecule has 1 heterocycles. The lowest BCUT2D eigenvalue weighted by Gasteiger charge is -2.08. The summed E-state index contributed by atoms with van der Waals surface area (Å²) in [4.78, 5) is 29.1. The van der Waals surface area contributed by atoms with Crippen LogP contribution in [-0.4, -0.2) is 15.9 Å². The maximum atomic E-state index is 11.9. The number of rotatable bonds is 5. The summed E-state index contributed by atoms with van der Waals surface area (Å²) in [6, 6.07) is 7.33. The Morgan fingerprint density at radius 1 is 1.32 bits per heavy atom. The molecule has 3 N–H and O–H groups in total. The van der Waals surface area contributed by atoms with Gasteiger partial charge in [-0.2, -0.15) is 0 Å². The van der Waals surface area contributed by atoms with E-state index in [9.17, 15) is 9.59 Å². The second-order valence-electron chi connectivity index (χ2n) is 4.88. The topological polar surface area (TPSA) is 77.8 Å². The predicted octanol–water partition coefficient (Wildman–Crippen LogP) is 2.64. The number of benzene rings is 1. The van der Waals surface area contributed by atoms with Gasteiger partial charge in [0.25, 0.3) is 5.56 Å². The largest absolute Gasteiger partial charge is 0.352 e. The van der Waals surface area contributed by atoms with Crippen LogP contribution >= 0.6 is 23.8 Å².